The van der Waals surface area contributed by atoms with Gasteiger partial charge >= 0.3 is 0 Å². The van der Waals surface area contributed by atoms with Crippen molar-refractivity contribution in [2.45, 2.75) is 18.8 Å². The van der Waals surface area contributed by atoms with Crippen LogP contribution in [0.5, 0.6) is 0 Å². The Labute approximate surface area is 133 Å². The minimum Gasteiger partial charge on any atom is -0.337 e. The van der Waals surface area contributed by atoms with Crippen LogP contribution < -0.4 is 0 Å². The van der Waals surface area contributed by atoms with Gasteiger partial charge < -0.3 is 4.90 Å². The van der Waals surface area contributed by atoms with Crippen LogP contribution in [0.3, 0.4) is 0 Å². The summed E-state index contributed by atoms with van der Waals surface area (Å²) in [7, 11) is 1.82. The molecule has 4 heterocycles. The summed E-state index contributed by atoms with van der Waals surface area (Å²) in [6.07, 6.45) is 7.25. The molecule has 118 valence electrons. The number of likely N-dealkylation sites (tertiary alicyclic amines) is 1. The number of fused-ring (bicyclic) bond motifs is 1. The lowest BCUT2D eigenvalue weighted by Gasteiger charge is -2.31. The van der Waals surface area contributed by atoms with Crippen molar-refractivity contribution in [1.82, 2.24) is 29.3 Å². The third kappa shape index (κ3) is 2.48. The number of aryl methyl sites for hydroxylation is 1. The first-order chi connectivity index (χ1) is 11.2. The van der Waals surface area contributed by atoms with Crippen LogP contribution in [0.15, 0.2) is 36.8 Å². The molecule has 0 aliphatic carbocycles. The van der Waals surface area contributed by atoms with E-state index in [1.807, 2.05) is 34.8 Å². The average molecular weight is 310 g/mol. The van der Waals surface area contributed by atoms with E-state index >= 15 is 0 Å². The molecule has 1 saturated heterocycles. The summed E-state index contributed by atoms with van der Waals surface area (Å²) in [6.45, 7) is 1.48. The molecular formula is C16H18N6O. The van der Waals surface area contributed by atoms with Crippen LogP contribution in [-0.4, -0.2) is 48.3 Å². The number of hydrogen-bond donors (Lipinski definition) is 0. The molecule has 1 aliphatic heterocycles. The van der Waals surface area contributed by atoms with Crippen molar-refractivity contribution in [2.75, 3.05) is 13.1 Å². The standard InChI is InChI=1S/C16H18N6O/c1-20-9-6-13(19-20)16(23)21-10-4-12(5-11-21)14-2-7-17-15-3-8-18-22(14)15/h2-3,6-9,12H,4-5,10-11H2,1H3. The Bertz CT molecular complexity index is 843. The van der Waals surface area contributed by atoms with Gasteiger partial charge in [0, 0.05) is 50.2 Å². The maximum Gasteiger partial charge on any atom is 0.274 e. The number of carbonyl (C=O) groups is 1. The first-order valence-electron chi connectivity index (χ1n) is 7.80. The largest absolute Gasteiger partial charge is 0.337 e. The number of carbonyl (C=O) groups excluding carboxylic acids is 1. The number of hydrogen-bond acceptors (Lipinski definition) is 4. The molecule has 1 aliphatic rings. The van der Waals surface area contributed by atoms with Crippen molar-refractivity contribution in [2.24, 2.45) is 7.05 Å². The highest BCUT2D eigenvalue weighted by Crippen LogP contribution is 2.28. The van der Waals surface area contributed by atoms with E-state index in [1.54, 1.807) is 23.1 Å². The maximum absolute atomic E-state index is 12.4. The highest BCUT2D eigenvalue weighted by atomic mass is 16.2. The van der Waals surface area contributed by atoms with E-state index in [1.165, 1.54) is 5.69 Å². The minimum absolute atomic E-state index is 0.0167. The summed E-state index contributed by atoms with van der Waals surface area (Å²) in [5.74, 6) is 0.413. The first kappa shape index (κ1) is 13.9. The molecule has 0 saturated carbocycles. The number of piperidine rings is 1. The van der Waals surface area contributed by atoms with Gasteiger partial charge in [-0.15, -0.1) is 0 Å². The maximum atomic E-state index is 12.4. The van der Waals surface area contributed by atoms with E-state index in [9.17, 15) is 4.79 Å². The molecule has 4 rings (SSSR count). The van der Waals surface area contributed by atoms with E-state index in [0.29, 0.717) is 11.6 Å². The Hall–Kier alpha value is -2.70. The second-order valence-electron chi connectivity index (χ2n) is 5.91. The minimum atomic E-state index is 0.0167. The van der Waals surface area contributed by atoms with Gasteiger partial charge in [0.25, 0.3) is 5.91 Å². The molecule has 0 atom stereocenters. The third-order valence-electron chi connectivity index (χ3n) is 4.45. The van der Waals surface area contributed by atoms with Gasteiger partial charge in [-0.2, -0.15) is 10.2 Å². The monoisotopic (exact) mass is 310 g/mol. The summed E-state index contributed by atoms with van der Waals surface area (Å²) >= 11 is 0. The van der Waals surface area contributed by atoms with E-state index in [2.05, 4.69) is 15.2 Å². The summed E-state index contributed by atoms with van der Waals surface area (Å²) in [5, 5.41) is 8.56. The Morgan fingerprint density at radius 1 is 1.17 bits per heavy atom. The molecular weight excluding hydrogens is 292 g/mol. The van der Waals surface area contributed by atoms with E-state index in [0.717, 1.165) is 31.6 Å². The van der Waals surface area contributed by atoms with Gasteiger partial charge in [0.1, 0.15) is 5.69 Å². The second kappa shape index (κ2) is 5.49. The lowest BCUT2D eigenvalue weighted by Crippen LogP contribution is -2.38. The molecule has 0 aromatic carbocycles. The number of nitrogens with zero attached hydrogens (tertiary/aromatic N) is 6. The Morgan fingerprint density at radius 2 is 2.00 bits per heavy atom. The van der Waals surface area contributed by atoms with Crippen LogP contribution in [0.2, 0.25) is 0 Å². The topological polar surface area (TPSA) is 68.3 Å². The van der Waals surface area contributed by atoms with Gasteiger partial charge in [-0.05, 0) is 25.0 Å². The fraction of sp³-hybridized carbons (Fsp3) is 0.375. The molecule has 0 spiro atoms. The van der Waals surface area contributed by atoms with Gasteiger partial charge in [-0.25, -0.2) is 9.50 Å². The van der Waals surface area contributed by atoms with Crippen LogP contribution in [0.4, 0.5) is 0 Å². The highest BCUT2D eigenvalue weighted by Gasteiger charge is 2.27. The SMILES string of the molecule is Cn1ccc(C(=O)N2CCC(c3ccnc4ccnn34)CC2)n1. The molecule has 7 heteroatoms. The van der Waals surface area contributed by atoms with Gasteiger partial charge in [0.2, 0.25) is 0 Å². The molecule has 3 aromatic heterocycles. The number of aromatic nitrogens is 5. The molecule has 0 N–H and O–H groups in total. The normalized spacial score (nSPS) is 16.1. The van der Waals surface area contributed by atoms with Crippen molar-refractivity contribution in [3.8, 4) is 0 Å². The van der Waals surface area contributed by atoms with Crippen LogP contribution in [-0.2, 0) is 7.05 Å². The van der Waals surface area contributed by atoms with Crippen molar-refractivity contribution in [3.63, 3.8) is 0 Å². The summed E-state index contributed by atoms with van der Waals surface area (Å²) in [4.78, 5) is 18.6. The lowest BCUT2D eigenvalue weighted by atomic mass is 9.93. The second-order valence-corrected chi connectivity index (χ2v) is 5.91. The van der Waals surface area contributed by atoms with Crippen LogP contribution in [0.25, 0.3) is 5.65 Å². The Kier molecular flexibility index (Phi) is 3.33. The van der Waals surface area contributed by atoms with Crippen LogP contribution in [0.1, 0.15) is 34.9 Å². The van der Waals surface area contributed by atoms with Crippen molar-refractivity contribution < 1.29 is 4.79 Å². The Morgan fingerprint density at radius 3 is 2.74 bits per heavy atom. The third-order valence-corrected chi connectivity index (χ3v) is 4.45. The smallest absolute Gasteiger partial charge is 0.274 e. The molecule has 1 fully saturated rings. The van der Waals surface area contributed by atoms with Gasteiger partial charge in [0.05, 0.1) is 6.20 Å². The fourth-order valence-electron chi connectivity index (χ4n) is 3.23. The molecule has 23 heavy (non-hydrogen) atoms. The average Bonchev–Trinajstić information content (AvgIpc) is 3.22. The lowest BCUT2D eigenvalue weighted by molar-refractivity contribution is 0.0705. The fourth-order valence-corrected chi connectivity index (χ4v) is 3.23. The highest BCUT2D eigenvalue weighted by molar-refractivity contribution is 5.92. The number of amides is 1. The van der Waals surface area contributed by atoms with Gasteiger partial charge in [-0.1, -0.05) is 0 Å². The predicted octanol–water partition coefficient (Wildman–Crippen LogP) is 1.48. The van der Waals surface area contributed by atoms with Crippen LogP contribution >= 0.6 is 0 Å². The van der Waals surface area contributed by atoms with Crippen molar-refractivity contribution in [1.29, 1.82) is 0 Å². The molecule has 0 radical (unpaired) electrons. The van der Waals surface area contributed by atoms with Crippen molar-refractivity contribution in [3.05, 3.63) is 48.2 Å². The molecule has 3 aromatic rings. The van der Waals surface area contributed by atoms with Gasteiger partial charge in [-0.3, -0.25) is 9.48 Å². The molecule has 0 unspecified atom stereocenters. The number of rotatable bonds is 2. The predicted molar refractivity (Wildman–Crippen MR) is 84.1 cm³/mol. The summed E-state index contributed by atoms with van der Waals surface area (Å²) < 4.78 is 3.56. The first-order valence-corrected chi connectivity index (χ1v) is 7.80. The summed E-state index contributed by atoms with van der Waals surface area (Å²) in [6, 6.07) is 5.70. The molecule has 0 bridgehead atoms. The van der Waals surface area contributed by atoms with E-state index in [4.69, 9.17) is 0 Å². The summed E-state index contributed by atoms with van der Waals surface area (Å²) in [5.41, 5.74) is 2.56. The zero-order valence-corrected chi connectivity index (χ0v) is 13.0. The Balaban J connectivity index is 1.49. The zero-order valence-electron chi connectivity index (χ0n) is 13.0. The van der Waals surface area contributed by atoms with Gasteiger partial charge in [0.15, 0.2) is 5.65 Å². The van der Waals surface area contributed by atoms with E-state index < -0.39 is 0 Å². The molecule has 1 amide bonds. The van der Waals surface area contributed by atoms with Crippen LogP contribution in [0, 0.1) is 0 Å². The zero-order chi connectivity index (χ0) is 15.8. The van der Waals surface area contributed by atoms with E-state index in [-0.39, 0.29) is 5.91 Å². The quantitative estimate of drug-likeness (QED) is 0.719. The molecule has 7 nitrogen and oxygen atoms in total. The van der Waals surface area contributed by atoms with Crippen molar-refractivity contribution >= 4 is 11.6 Å².